The Morgan fingerprint density at radius 2 is 1.81 bits per heavy atom. The zero-order chi connectivity index (χ0) is 22.4. The summed E-state index contributed by atoms with van der Waals surface area (Å²) in [4.78, 5) is 18.5. The first-order valence-electron chi connectivity index (χ1n) is 9.68. The fourth-order valence-corrected chi connectivity index (χ4v) is 3.96. The van der Waals surface area contributed by atoms with E-state index < -0.39 is 18.0 Å². The van der Waals surface area contributed by atoms with Crippen LogP contribution in [0.5, 0.6) is 0 Å². The maximum Gasteiger partial charge on any atom is 0.406 e. The Labute approximate surface area is 182 Å². The van der Waals surface area contributed by atoms with Gasteiger partial charge in [0, 0.05) is 31.0 Å². The van der Waals surface area contributed by atoms with E-state index in [1.807, 2.05) is 37.3 Å². The van der Waals surface area contributed by atoms with Crippen molar-refractivity contribution in [2.45, 2.75) is 43.5 Å². The molecule has 1 unspecified atom stereocenters. The standard InChI is InChI=1S/C21H22F3N5OS/c1-3-28(13-16-7-5-4-6-8-16)19(30)15(2)31-20-27-26-18(17-9-11-25-12-10-17)29(20)14-21(22,23)24/h4-12,15H,3,13-14H2,1-2H3. The number of thioether (sulfide) groups is 1. The lowest BCUT2D eigenvalue weighted by molar-refractivity contribution is -0.141. The van der Waals surface area contributed by atoms with Crippen molar-refractivity contribution in [3.05, 3.63) is 60.4 Å². The van der Waals surface area contributed by atoms with Crippen molar-refractivity contribution < 1.29 is 18.0 Å². The lowest BCUT2D eigenvalue weighted by Gasteiger charge is -2.24. The normalized spacial score (nSPS) is 12.5. The summed E-state index contributed by atoms with van der Waals surface area (Å²) in [6, 6.07) is 12.7. The zero-order valence-corrected chi connectivity index (χ0v) is 17.9. The summed E-state index contributed by atoms with van der Waals surface area (Å²) < 4.78 is 40.7. The van der Waals surface area contributed by atoms with Crippen molar-refractivity contribution in [2.24, 2.45) is 0 Å². The molecule has 0 N–H and O–H groups in total. The van der Waals surface area contributed by atoms with Crippen LogP contribution in [0.1, 0.15) is 19.4 Å². The van der Waals surface area contributed by atoms with Crippen LogP contribution in [0.15, 0.2) is 60.0 Å². The molecular formula is C21H22F3N5OS. The Balaban J connectivity index is 1.82. The van der Waals surface area contributed by atoms with Crippen LogP contribution in [-0.2, 0) is 17.9 Å². The average molecular weight is 450 g/mol. The smallest absolute Gasteiger partial charge is 0.338 e. The molecule has 0 aliphatic carbocycles. The van der Waals surface area contributed by atoms with Crippen LogP contribution in [0.3, 0.4) is 0 Å². The second kappa shape index (κ2) is 9.95. The monoisotopic (exact) mass is 449 g/mol. The van der Waals surface area contributed by atoms with Crippen LogP contribution in [0.4, 0.5) is 13.2 Å². The molecule has 2 heterocycles. The maximum atomic E-state index is 13.2. The molecule has 1 aromatic carbocycles. The molecule has 3 rings (SSSR count). The molecule has 0 fully saturated rings. The number of carbonyl (C=O) groups is 1. The molecule has 0 aliphatic rings. The highest BCUT2D eigenvalue weighted by Gasteiger charge is 2.32. The average Bonchev–Trinajstić information content (AvgIpc) is 3.13. The number of hydrogen-bond acceptors (Lipinski definition) is 5. The van der Waals surface area contributed by atoms with E-state index in [4.69, 9.17) is 0 Å². The first-order chi connectivity index (χ1) is 14.8. The number of alkyl halides is 3. The highest BCUT2D eigenvalue weighted by molar-refractivity contribution is 8.00. The van der Waals surface area contributed by atoms with Gasteiger partial charge in [0.2, 0.25) is 5.91 Å². The van der Waals surface area contributed by atoms with Gasteiger partial charge < -0.3 is 4.90 Å². The SMILES string of the molecule is CCN(Cc1ccccc1)C(=O)C(C)Sc1nnc(-c2ccncc2)n1CC(F)(F)F. The van der Waals surface area contributed by atoms with Gasteiger partial charge in [-0.05, 0) is 31.5 Å². The highest BCUT2D eigenvalue weighted by atomic mass is 32.2. The molecule has 2 aromatic heterocycles. The second-order valence-electron chi connectivity index (χ2n) is 6.84. The quantitative estimate of drug-likeness (QED) is 0.476. The molecule has 164 valence electrons. The van der Waals surface area contributed by atoms with Crippen LogP contribution in [0.25, 0.3) is 11.4 Å². The van der Waals surface area contributed by atoms with Gasteiger partial charge in [-0.2, -0.15) is 13.2 Å². The first kappa shape index (κ1) is 22.8. The summed E-state index contributed by atoms with van der Waals surface area (Å²) in [5.41, 5.74) is 1.45. The number of halogens is 3. The van der Waals surface area contributed by atoms with Gasteiger partial charge in [0.25, 0.3) is 0 Å². The third kappa shape index (κ3) is 6.06. The largest absolute Gasteiger partial charge is 0.406 e. The van der Waals surface area contributed by atoms with Crippen LogP contribution in [0, 0.1) is 0 Å². The Hall–Kier alpha value is -2.88. The van der Waals surface area contributed by atoms with Gasteiger partial charge in [-0.25, -0.2) is 0 Å². The number of pyridine rings is 1. The van der Waals surface area contributed by atoms with E-state index >= 15 is 0 Å². The molecular weight excluding hydrogens is 427 g/mol. The Morgan fingerprint density at radius 3 is 2.42 bits per heavy atom. The van der Waals surface area contributed by atoms with Crippen molar-refractivity contribution in [1.82, 2.24) is 24.6 Å². The van der Waals surface area contributed by atoms with Crippen molar-refractivity contribution in [1.29, 1.82) is 0 Å². The van der Waals surface area contributed by atoms with E-state index in [1.54, 1.807) is 24.0 Å². The van der Waals surface area contributed by atoms with Crippen molar-refractivity contribution in [2.75, 3.05) is 6.54 Å². The third-order valence-corrected chi connectivity index (χ3v) is 5.60. The molecule has 0 saturated carbocycles. The van der Waals surface area contributed by atoms with Gasteiger partial charge in [-0.15, -0.1) is 10.2 Å². The van der Waals surface area contributed by atoms with Crippen LogP contribution in [-0.4, -0.2) is 48.5 Å². The van der Waals surface area contributed by atoms with E-state index in [2.05, 4.69) is 15.2 Å². The van der Waals surface area contributed by atoms with Gasteiger partial charge in [0.15, 0.2) is 11.0 Å². The number of carbonyl (C=O) groups excluding carboxylic acids is 1. The van der Waals surface area contributed by atoms with E-state index in [-0.39, 0.29) is 16.9 Å². The predicted molar refractivity (Wildman–Crippen MR) is 112 cm³/mol. The minimum absolute atomic E-state index is 0.0424. The summed E-state index contributed by atoms with van der Waals surface area (Å²) in [6.07, 6.45) is -1.51. The van der Waals surface area contributed by atoms with Gasteiger partial charge in [-0.3, -0.25) is 14.3 Å². The van der Waals surface area contributed by atoms with Gasteiger partial charge in [-0.1, -0.05) is 42.1 Å². The van der Waals surface area contributed by atoms with Crippen molar-refractivity contribution in [3.8, 4) is 11.4 Å². The minimum atomic E-state index is -4.46. The molecule has 0 bridgehead atoms. The summed E-state index contributed by atoms with van der Waals surface area (Å²) in [5.74, 6) is -0.0955. The number of hydrogen-bond donors (Lipinski definition) is 0. The minimum Gasteiger partial charge on any atom is -0.338 e. The van der Waals surface area contributed by atoms with E-state index in [9.17, 15) is 18.0 Å². The number of nitrogens with zero attached hydrogens (tertiary/aromatic N) is 5. The summed E-state index contributed by atoms with van der Waals surface area (Å²) in [7, 11) is 0. The number of amides is 1. The molecule has 31 heavy (non-hydrogen) atoms. The number of aromatic nitrogens is 4. The summed E-state index contributed by atoms with van der Waals surface area (Å²) in [6.45, 7) is 3.20. The Morgan fingerprint density at radius 1 is 1.13 bits per heavy atom. The second-order valence-corrected chi connectivity index (χ2v) is 8.15. The van der Waals surface area contributed by atoms with Crippen LogP contribution >= 0.6 is 11.8 Å². The zero-order valence-electron chi connectivity index (χ0n) is 17.1. The molecule has 0 radical (unpaired) electrons. The molecule has 10 heteroatoms. The topological polar surface area (TPSA) is 63.9 Å². The first-order valence-corrected chi connectivity index (χ1v) is 10.6. The lowest BCUT2D eigenvalue weighted by atomic mass is 10.2. The number of benzene rings is 1. The van der Waals surface area contributed by atoms with Gasteiger partial charge >= 0.3 is 6.18 Å². The summed E-state index contributed by atoms with van der Waals surface area (Å²) >= 11 is 0.971. The molecule has 1 atom stereocenters. The molecule has 0 aliphatic heterocycles. The molecule has 3 aromatic rings. The predicted octanol–water partition coefficient (Wildman–Crippen LogP) is 4.43. The van der Waals surface area contributed by atoms with Crippen LogP contribution in [0.2, 0.25) is 0 Å². The highest BCUT2D eigenvalue weighted by Crippen LogP contribution is 2.30. The van der Waals surface area contributed by atoms with Gasteiger partial charge in [0.05, 0.1) is 5.25 Å². The van der Waals surface area contributed by atoms with E-state index in [0.29, 0.717) is 18.7 Å². The number of rotatable bonds is 8. The van der Waals surface area contributed by atoms with E-state index in [1.165, 1.54) is 12.4 Å². The maximum absolute atomic E-state index is 13.2. The molecule has 0 saturated heterocycles. The third-order valence-electron chi connectivity index (χ3n) is 4.53. The fourth-order valence-electron chi connectivity index (χ4n) is 3.03. The molecule has 0 spiro atoms. The molecule has 1 amide bonds. The van der Waals surface area contributed by atoms with E-state index in [0.717, 1.165) is 21.9 Å². The lowest BCUT2D eigenvalue weighted by Crippen LogP contribution is -2.36. The van der Waals surface area contributed by atoms with Gasteiger partial charge in [0.1, 0.15) is 6.54 Å². The Kier molecular flexibility index (Phi) is 7.32. The van der Waals surface area contributed by atoms with Crippen LogP contribution < -0.4 is 0 Å². The van der Waals surface area contributed by atoms with Crippen molar-refractivity contribution in [3.63, 3.8) is 0 Å². The molecule has 6 nitrogen and oxygen atoms in total. The van der Waals surface area contributed by atoms with Crippen molar-refractivity contribution >= 4 is 17.7 Å². The Bertz CT molecular complexity index is 995. The summed E-state index contributed by atoms with van der Waals surface area (Å²) in [5, 5.41) is 7.32. The fraction of sp³-hybridized carbons (Fsp3) is 0.333.